The van der Waals surface area contributed by atoms with Gasteiger partial charge in [0.15, 0.2) is 0 Å². The quantitative estimate of drug-likeness (QED) is 0.123. The molecule has 0 fully saturated rings. The van der Waals surface area contributed by atoms with Gasteiger partial charge in [0.1, 0.15) is 11.6 Å². The normalized spacial score (nSPS) is 11.2. The number of aryl methyl sites for hydroxylation is 4. The predicted molar refractivity (Wildman–Crippen MR) is 180 cm³/mol. The Morgan fingerprint density at radius 2 is 1.54 bits per heavy atom. The van der Waals surface area contributed by atoms with Gasteiger partial charge >= 0.3 is 20.4 Å². The monoisotopic (exact) mass is 696 g/mol. The van der Waals surface area contributed by atoms with E-state index in [1.165, 1.54) is 5.56 Å². The first-order chi connectivity index (χ1) is 21.9. The van der Waals surface area contributed by atoms with Crippen molar-refractivity contribution in [1.82, 2.24) is 19.3 Å². The Morgan fingerprint density at radius 3 is 2.28 bits per heavy atom. The van der Waals surface area contributed by atoms with E-state index in [0.717, 1.165) is 79.1 Å². The fourth-order valence-electron chi connectivity index (χ4n) is 6.41. The minimum atomic E-state index is 0. The van der Waals surface area contributed by atoms with Gasteiger partial charge in [-0.05, 0) is 97.8 Å². The third-order valence-corrected chi connectivity index (χ3v) is 8.37. The molecule has 6 nitrogen and oxygen atoms in total. The number of hydrogen-bond acceptors (Lipinski definition) is 4. The van der Waals surface area contributed by atoms with Gasteiger partial charge in [-0.3, -0.25) is 4.68 Å². The Labute approximate surface area is 283 Å². The summed E-state index contributed by atoms with van der Waals surface area (Å²) in [7, 11) is 1.70. The minimum absolute atomic E-state index is 0. The molecule has 0 saturated heterocycles. The number of pyridine rings is 1. The average Bonchev–Trinajstić information content (AvgIpc) is 3.54. The van der Waals surface area contributed by atoms with E-state index in [-0.39, 0.29) is 20.4 Å². The van der Waals surface area contributed by atoms with Crippen LogP contribution in [0, 0.1) is 39.8 Å². The van der Waals surface area contributed by atoms with Crippen molar-refractivity contribution in [2.24, 2.45) is 0 Å². The van der Waals surface area contributed by atoms with Crippen LogP contribution >= 0.6 is 0 Å². The van der Waals surface area contributed by atoms with Gasteiger partial charge in [0, 0.05) is 34.5 Å². The molecule has 46 heavy (non-hydrogen) atoms. The maximum absolute atomic E-state index is 6.42. The molecular weight excluding hydrogens is 663 g/mol. The van der Waals surface area contributed by atoms with Gasteiger partial charge in [-0.25, -0.2) is 4.98 Å². The van der Waals surface area contributed by atoms with E-state index in [1.807, 2.05) is 41.2 Å². The molecule has 0 N–H and O–H groups in total. The van der Waals surface area contributed by atoms with Crippen molar-refractivity contribution in [3.05, 3.63) is 125 Å². The number of methoxy groups -OCH3 is 1. The number of hydrogen-bond donors (Lipinski definition) is 0. The van der Waals surface area contributed by atoms with Crippen molar-refractivity contribution in [3.8, 4) is 39.9 Å². The fourth-order valence-corrected chi connectivity index (χ4v) is 6.41. The molecule has 0 amide bonds. The van der Waals surface area contributed by atoms with Crippen LogP contribution in [0.2, 0.25) is 0 Å². The molecule has 0 unspecified atom stereocenters. The van der Waals surface area contributed by atoms with Crippen molar-refractivity contribution < 1.29 is 29.9 Å². The second-order valence-corrected chi connectivity index (χ2v) is 11.4. The maximum Gasteiger partial charge on any atom is 2.00 e. The molecule has 0 saturated carbocycles. The molecule has 0 radical (unpaired) electrons. The number of benzene rings is 4. The van der Waals surface area contributed by atoms with Gasteiger partial charge < -0.3 is 14.0 Å². The van der Waals surface area contributed by atoms with Crippen LogP contribution in [0.5, 0.6) is 17.2 Å². The molecule has 3 heterocycles. The predicted octanol–water partition coefficient (Wildman–Crippen LogP) is 9.23. The Balaban J connectivity index is 0.00000372. The van der Waals surface area contributed by atoms with Crippen molar-refractivity contribution >= 4 is 21.8 Å². The van der Waals surface area contributed by atoms with Crippen molar-refractivity contribution in [2.45, 2.75) is 41.0 Å². The van der Waals surface area contributed by atoms with Crippen molar-refractivity contribution in [1.29, 1.82) is 0 Å². The summed E-state index contributed by atoms with van der Waals surface area (Å²) in [4.78, 5) is 4.69. The van der Waals surface area contributed by atoms with Crippen LogP contribution in [0.1, 0.15) is 35.0 Å². The van der Waals surface area contributed by atoms with Gasteiger partial charge in [-0.1, -0.05) is 30.6 Å². The third kappa shape index (κ3) is 5.40. The molecule has 3 aromatic heterocycles. The van der Waals surface area contributed by atoms with Crippen LogP contribution in [0.3, 0.4) is 0 Å². The second-order valence-electron chi connectivity index (χ2n) is 11.4. The van der Waals surface area contributed by atoms with Gasteiger partial charge in [0.25, 0.3) is 0 Å². The number of fused-ring (bicyclic) bond motifs is 3. The zero-order valence-electron chi connectivity index (χ0n) is 26.7. The first kappa shape index (κ1) is 31.3. The molecule has 0 aliphatic heterocycles. The van der Waals surface area contributed by atoms with Crippen LogP contribution in [-0.4, -0.2) is 26.4 Å². The van der Waals surface area contributed by atoms with E-state index in [2.05, 4.69) is 105 Å². The molecule has 0 bridgehead atoms. The molecular formula is C39H34N4O2Pd. The van der Waals surface area contributed by atoms with E-state index in [1.54, 1.807) is 7.11 Å². The van der Waals surface area contributed by atoms with Gasteiger partial charge in [-0.15, -0.1) is 35.7 Å². The standard InChI is InChI=1S/C39H34N4O2.Pd/c1-7-34-39(38-25(3)20-31(44-6)21-26(38)4)27(5)41-43(34)28-11-10-12-29(22-28)45-30-15-16-33-32-13-8-9-14-35(32)42(36(33)23-30)37-19-24(2)17-18-40-37;/h8-21H,7H2,1-6H3;/q-2;+2. The summed E-state index contributed by atoms with van der Waals surface area (Å²) in [5.41, 5.74) is 10.7. The smallest absolute Gasteiger partial charge is 0.509 e. The summed E-state index contributed by atoms with van der Waals surface area (Å²) in [6, 6.07) is 33.6. The van der Waals surface area contributed by atoms with Crippen LogP contribution in [0.25, 0.3) is 44.4 Å². The van der Waals surface area contributed by atoms with E-state index in [4.69, 9.17) is 14.6 Å². The van der Waals surface area contributed by atoms with Crippen molar-refractivity contribution in [2.75, 3.05) is 7.11 Å². The number of para-hydroxylation sites is 1. The Bertz CT molecular complexity index is 2210. The molecule has 7 heteroatoms. The van der Waals surface area contributed by atoms with Crippen LogP contribution in [0.15, 0.2) is 85.1 Å². The number of aromatic nitrogens is 4. The summed E-state index contributed by atoms with van der Waals surface area (Å²) in [5, 5.41) is 7.24. The van der Waals surface area contributed by atoms with Gasteiger partial charge in [-0.2, -0.15) is 17.2 Å². The molecule has 0 atom stereocenters. The Hall–Kier alpha value is -4.70. The molecule has 7 aromatic rings. The van der Waals surface area contributed by atoms with E-state index >= 15 is 0 Å². The van der Waals surface area contributed by atoms with E-state index in [9.17, 15) is 0 Å². The van der Waals surface area contributed by atoms with Crippen molar-refractivity contribution in [3.63, 3.8) is 0 Å². The van der Waals surface area contributed by atoms with Crippen LogP contribution in [-0.2, 0) is 26.8 Å². The fraction of sp³-hybridized carbons (Fsp3) is 0.179. The first-order valence-corrected chi connectivity index (χ1v) is 15.2. The van der Waals surface area contributed by atoms with Crippen LogP contribution in [0.4, 0.5) is 0 Å². The van der Waals surface area contributed by atoms with Gasteiger partial charge in [0.2, 0.25) is 0 Å². The maximum atomic E-state index is 6.42. The number of rotatable bonds is 7. The number of nitrogens with zero attached hydrogens (tertiary/aromatic N) is 4. The molecule has 7 rings (SSSR count). The second kappa shape index (κ2) is 12.6. The summed E-state index contributed by atoms with van der Waals surface area (Å²) in [6.07, 6.45) is 2.65. The molecule has 0 aliphatic rings. The molecule has 4 aromatic carbocycles. The Morgan fingerprint density at radius 1 is 0.783 bits per heavy atom. The third-order valence-electron chi connectivity index (χ3n) is 8.37. The minimum Gasteiger partial charge on any atom is -0.509 e. The first-order valence-electron chi connectivity index (χ1n) is 15.2. The molecule has 0 aliphatic carbocycles. The molecule has 232 valence electrons. The zero-order chi connectivity index (χ0) is 31.2. The largest absolute Gasteiger partial charge is 2.00 e. The zero-order valence-corrected chi connectivity index (χ0v) is 28.3. The topological polar surface area (TPSA) is 54.1 Å². The van der Waals surface area contributed by atoms with E-state index < -0.39 is 0 Å². The Kier molecular flexibility index (Phi) is 8.57. The van der Waals surface area contributed by atoms with Gasteiger partial charge in [0.05, 0.1) is 12.8 Å². The summed E-state index contributed by atoms with van der Waals surface area (Å²) in [5.74, 6) is 2.90. The average molecular weight is 697 g/mol. The summed E-state index contributed by atoms with van der Waals surface area (Å²) >= 11 is 0. The molecule has 0 spiro atoms. The summed E-state index contributed by atoms with van der Waals surface area (Å²) < 4.78 is 16.1. The number of ether oxygens (including phenoxy) is 2. The van der Waals surface area contributed by atoms with E-state index in [0.29, 0.717) is 11.5 Å². The SMILES string of the molecule is CCc1c(-c2c(C)cc(OC)cc2C)c(C)nn1-c1[c-]c(Oc2[c-]c3c(cc2)c2ccccc2n3-c2cc(C)ccn2)ccc1.[Pd+2]. The summed E-state index contributed by atoms with van der Waals surface area (Å²) in [6.45, 7) is 10.6. The van der Waals surface area contributed by atoms with Crippen LogP contribution < -0.4 is 9.47 Å².